The van der Waals surface area contributed by atoms with E-state index in [1.54, 1.807) is 16.8 Å². The molecule has 0 saturated carbocycles. The molecule has 2 aromatic heterocycles. The number of hydrogen-bond acceptors (Lipinski definition) is 3. The van der Waals surface area contributed by atoms with Gasteiger partial charge in [0.2, 0.25) is 5.95 Å². The van der Waals surface area contributed by atoms with E-state index in [1.165, 1.54) is 0 Å². The van der Waals surface area contributed by atoms with Gasteiger partial charge in [0.1, 0.15) is 5.82 Å². The first-order valence-electron chi connectivity index (χ1n) is 7.50. The summed E-state index contributed by atoms with van der Waals surface area (Å²) < 4.78 is 15.8. The van der Waals surface area contributed by atoms with Gasteiger partial charge in [0.15, 0.2) is 5.65 Å². The Hall–Kier alpha value is -2.43. The number of nitrogen functional groups attached to an aromatic ring is 1. The van der Waals surface area contributed by atoms with E-state index in [9.17, 15) is 4.39 Å². The summed E-state index contributed by atoms with van der Waals surface area (Å²) >= 11 is 0. The largest absolute Gasteiger partial charge is 0.366 e. The first kappa shape index (κ1) is 15.9. The van der Waals surface area contributed by atoms with Crippen LogP contribution in [0.25, 0.3) is 16.8 Å². The number of aryl methyl sites for hydroxylation is 1. The summed E-state index contributed by atoms with van der Waals surface area (Å²) in [4.78, 5) is 4.23. The molecule has 0 bridgehead atoms. The molecule has 0 atom stereocenters. The summed E-state index contributed by atoms with van der Waals surface area (Å²) in [5.41, 5.74) is 9.55. The van der Waals surface area contributed by atoms with Crippen LogP contribution in [0.1, 0.15) is 31.9 Å². The SMILES string of the molecule is CC.CCc1c(F)cc(C)cc1-c1cccn2nc(N)nc12. The van der Waals surface area contributed by atoms with Crippen molar-refractivity contribution in [2.45, 2.75) is 34.1 Å². The number of nitrogens with zero attached hydrogens (tertiary/aromatic N) is 3. The summed E-state index contributed by atoms with van der Waals surface area (Å²) in [5, 5.41) is 4.09. The molecule has 5 heteroatoms. The average molecular weight is 300 g/mol. The molecule has 3 rings (SSSR count). The molecule has 3 aromatic rings. The Labute approximate surface area is 129 Å². The van der Waals surface area contributed by atoms with Crippen LogP contribution in [-0.4, -0.2) is 14.6 Å². The highest BCUT2D eigenvalue weighted by atomic mass is 19.1. The van der Waals surface area contributed by atoms with Crippen LogP contribution in [0.2, 0.25) is 0 Å². The third-order valence-corrected chi connectivity index (χ3v) is 3.36. The van der Waals surface area contributed by atoms with Crippen LogP contribution in [-0.2, 0) is 6.42 Å². The normalized spacial score (nSPS) is 10.4. The van der Waals surface area contributed by atoms with Crippen LogP contribution in [0.15, 0.2) is 30.5 Å². The van der Waals surface area contributed by atoms with E-state index >= 15 is 0 Å². The summed E-state index contributed by atoms with van der Waals surface area (Å²) in [7, 11) is 0. The molecule has 0 saturated heterocycles. The van der Waals surface area contributed by atoms with Gasteiger partial charge in [-0.05, 0) is 48.2 Å². The predicted octanol–water partition coefficient (Wildman–Crippen LogP) is 4.01. The lowest BCUT2D eigenvalue weighted by molar-refractivity contribution is 0.612. The molecule has 0 fully saturated rings. The van der Waals surface area contributed by atoms with Crippen LogP contribution >= 0.6 is 0 Å². The fourth-order valence-electron chi connectivity index (χ4n) is 2.50. The van der Waals surface area contributed by atoms with Crippen molar-refractivity contribution in [1.29, 1.82) is 0 Å². The molecule has 2 N–H and O–H groups in total. The molecular weight excluding hydrogens is 279 g/mol. The minimum atomic E-state index is -0.183. The smallest absolute Gasteiger partial charge is 0.240 e. The maximum Gasteiger partial charge on any atom is 0.240 e. The Balaban J connectivity index is 0.000000847. The van der Waals surface area contributed by atoms with Crippen molar-refractivity contribution >= 4 is 11.6 Å². The third kappa shape index (κ3) is 2.79. The Morgan fingerprint density at radius 3 is 2.64 bits per heavy atom. The molecule has 0 spiro atoms. The highest BCUT2D eigenvalue weighted by molar-refractivity contribution is 5.80. The number of rotatable bonds is 2. The molecule has 22 heavy (non-hydrogen) atoms. The van der Waals surface area contributed by atoms with Gasteiger partial charge in [-0.1, -0.05) is 26.8 Å². The number of anilines is 1. The number of benzene rings is 1. The summed E-state index contributed by atoms with van der Waals surface area (Å²) in [6, 6.07) is 7.30. The fourth-order valence-corrected chi connectivity index (χ4v) is 2.50. The molecule has 116 valence electrons. The van der Waals surface area contributed by atoms with Gasteiger partial charge in [0, 0.05) is 11.8 Å². The number of fused-ring (bicyclic) bond motifs is 1. The molecule has 2 heterocycles. The topological polar surface area (TPSA) is 56.2 Å². The average Bonchev–Trinajstić information content (AvgIpc) is 2.88. The van der Waals surface area contributed by atoms with Gasteiger partial charge in [0.25, 0.3) is 0 Å². The maximum absolute atomic E-state index is 14.1. The van der Waals surface area contributed by atoms with Crippen molar-refractivity contribution in [2.75, 3.05) is 5.73 Å². The van der Waals surface area contributed by atoms with Crippen molar-refractivity contribution in [3.05, 3.63) is 47.4 Å². The second-order valence-electron chi connectivity index (χ2n) is 4.79. The third-order valence-electron chi connectivity index (χ3n) is 3.36. The second-order valence-corrected chi connectivity index (χ2v) is 4.79. The summed E-state index contributed by atoms with van der Waals surface area (Å²) in [5.74, 6) is 0.0283. The van der Waals surface area contributed by atoms with Gasteiger partial charge in [0.05, 0.1) is 0 Å². The van der Waals surface area contributed by atoms with Crippen molar-refractivity contribution in [3.8, 4) is 11.1 Å². The highest BCUT2D eigenvalue weighted by Crippen LogP contribution is 2.30. The second kappa shape index (κ2) is 6.56. The van der Waals surface area contributed by atoms with E-state index in [4.69, 9.17) is 5.73 Å². The first-order chi connectivity index (χ1) is 10.6. The van der Waals surface area contributed by atoms with E-state index in [-0.39, 0.29) is 11.8 Å². The number of hydrogen-bond donors (Lipinski definition) is 1. The summed E-state index contributed by atoms with van der Waals surface area (Å²) in [6.45, 7) is 7.82. The number of pyridine rings is 1. The van der Waals surface area contributed by atoms with Crippen LogP contribution in [0.4, 0.5) is 10.3 Å². The van der Waals surface area contributed by atoms with Crippen molar-refractivity contribution in [1.82, 2.24) is 14.6 Å². The molecule has 0 unspecified atom stereocenters. The fraction of sp³-hybridized carbons (Fsp3) is 0.294. The Morgan fingerprint density at radius 1 is 1.23 bits per heavy atom. The van der Waals surface area contributed by atoms with Gasteiger partial charge < -0.3 is 5.73 Å². The Bertz CT molecular complexity index is 793. The zero-order valence-electron chi connectivity index (χ0n) is 13.4. The summed E-state index contributed by atoms with van der Waals surface area (Å²) in [6.07, 6.45) is 2.39. The molecular formula is C17H21FN4. The molecule has 0 aliphatic heterocycles. The minimum absolute atomic E-state index is 0.183. The van der Waals surface area contributed by atoms with Crippen molar-refractivity contribution < 1.29 is 4.39 Å². The van der Waals surface area contributed by atoms with Crippen LogP contribution in [0.5, 0.6) is 0 Å². The van der Waals surface area contributed by atoms with Gasteiger partial charge in [-0.2, -0.15) is 4.98 Å². The van der Waals surface area contributed by atoms with Gasteiger partial charge in [-0.3, -0.25) is 0 Å². The van der Waals surface area contributed by atoms with E-state index in [0.29, 0.717) is 17.6 Å². The van der Waals surface area contributed by atoms with E-state index in [2.05, 4.69) is 10.1 Å². The standard InChI is InChI=1S/C15H15FN4.C2H6/c1-3-10-12(7-9(2)8-13(10)16)11-5-4-6-20-14(11)18-15(17)19-20;1-2/h4-8H,3H2,1-2H3,(H2,17,19);1-2H3. The van der Waals surface area contributed by atoms with E-state index < -0.39 is 0 Å². The predicted molar refractivity (Wildman–Crippen MR) is 88.3 cm³/mol. The molecule has 0 aliphatic rings. The monoisotopic (exact) mass is 300 g/mol. The lowest BCUT2D eigenvalue weighted by Crippen LogP contribution is -1.97. The van der Waals surface area contributed by atoms with Crippen LogP contribution in [0, 0.1) is 12.7 Å². The highest BCUT2D eigenvalue weighted by Gasteiger charge is 2.14. The Morgan fingerprint density at radius 2 is 1.95 bits per heavy atom. The number of nitrogens with two attached hydrogens (primary N) is 1. The first-order valence-corrected chi connectivity index (χ1v) is 7.50. The molecule has 0 aliphatic carbocycles. The quantitative estimate of drug-likeness (QED) is 0.778. The molecule has 0 radical (unpaired) electrons. The van der Waals surface area contributed by atoms with Crippen LogP contribution < -0.4 is 5.73 Å². The molecule has 1 aromatic carbocycles. The maximum atomic E-state index is 14.1. The lowest BCUT2D eigenvalue weighted by Gasteiger charge is -2.11. The van der Waals surface area contributed by atoms with Crippen molar-refractivity contribution in [3.63, 3.8) is 0 Å². The minimum Gasteiger partial charge on any atom is -0.366 e. The van der Waals surface area contributed by atoms with E-state index in [0.717, 1.165) is 16.7 Å². The number of aromatic nitrogens is 3. The van der Waals surface area contributed by atoms with Gasteiger partial charge >= 0.3 is 0 Å². The molecule has 0 amide bonds. The zero-order valence-corrected chi connectivity index (χ0v) is 13.4. The number of halogens is 1. The lowest BCUT2D eigenvalue weighted by atomic mass is 9.96. The Kier molecular flexibility index (Phi) is 4.75. The van der Waals surface area contributed by atoms with Gasteiger partial charge in [-0.25, -0.2) is 8.91 Å². The zero-order chi connectivity index (χ0) is 16.3. The van der Waals surface area contributed by atoms with Crippen molar-refractivity contribution in [2.24, 2.45) is 0 Å². The molecule has 4 nitrogen and oxygen atoms in total. The van der Waals surface area contributed by atoms with Gasteiger partial charge in [-0.15, -0.1) is 5.10 Å². The van der Waals surface area contributed by atoms with Crippen LogP contribution in [0.3, 0.4) is 0 Å². The van der Waals surface area contributed by atoms with E-state index in [1.807, 2.05) is 45.9 Å².